The lowest BCUT2D eigenvalue weighted by Crippen LogP contribution is -2.49. The molecule has 4 aliphatic rings. The van der Waals surface area contributed by atoms with Gasteiger partial charge in [-0.25, -0.2) is 29.9 Å². The van der Waals surface area contributed by atoms with Crippen LogP contribution < -0.4 is 25.8 Å². The number of amides is 1. The zero-order chi connectivity index (χ0) is 55.0. The van der Waals surface area contributed by atoms with Gasteiger partial charge < -0.3 is 49.3 Å². The van der Waals surface area contributed by atoms with E-state index < -0.39 is 29.1 Å². The van der Waals surface area contributed by atoms with Crippen molar-refractivity contribution in [3.63, 3.8) is 0 Å². The summed E-state index contributed by atoms with van der Waals surface area (Å²) in [6.07, 6.45) is 18.7. The Morgan fingerprint density at radius 1 is 0.582 bits per heavy atom. The highest BCUT2D eigenvalue weighted by molar-refractivity contribution is 6.64. The van der Waals surface area contributed by atoms with Crippen LogP contribution in [0.25, 0.3) is 43.9 Å². The summed E-state index contributed by atoms with van der Waals surface area (Å²) in [5, 5.41) is 12.3. The van der Waals surface area contributed by atoms with E-state index in [-0.39, 0.29) is 31.2 Å². The smallest absolute Gasteiger partial charge is 0.303 e. The minimum Gasteiger partial charge on any atom is -0.456 e. The van der Waals surface area contributed by atoms with E-state index in [4.69, 9.17) is 26.3 Å². The lowest BCUT2D eigenvalue weighted by Gasteiger charge is -2.35. The van der Waals surface area contributed by atoms with Gasteiger partial charge in [-0.1, -0.05) is 25.7 Å². The molecule has 4 fully saturated rings. The molecule has 412 valence electrons. The number of esters is 2. The van der Waals surface area contributed by atoms with Gasteiger partial charge in [0.2, 0.25) is 23.8 Å². The van der Waals surface area contributed by atoms with Crippen LogP contribution in [0.5, 0.6) is 0 Å². The molecule has 8 aromatic heterocycles. The largest absolute Gasteiger partial charge is 0.456 e. The molecule has 10 heterocycles. The van der Waals surface area contributed by atoms with E-state index in [9.17, 15) is 28.0 Å². The van der Waals surface area contributed by atoms with Crippen molar-refractivity contribution in [2.45, 2.75) is 77.3 Å². The highest BCUT2D eigenvalue weighted by Crippen LogP contribution is 2.40. The summed E-state index contributed by atoms with van der Waals surface area (Å²) in [6.45, 7) is 8.24. The molecular weight excluding hydrogens is 1040 g/mol. The molecule has 0 unspecified atom stereocenters. The molecule has 79 heavy (non-hydrogen) atoms. The summed E-state index contributed by atoms with van der Waals surface area (Å²) in [7, 11) is 0. The lowest BCUT2D eigenvalue weighted by atomic mass is 10.2. The standard InChI is InChI=1S/C27H29FN8O3.C23H25FN8.C4H5ClO3/c1-17(37)39-16-23(38)35-12-10-34(11-13-35)19-6-7-22(30-14-19)32-27-31-15-21-20-8-9-29-25(28)24(20)36(26(21)33-27)18-4-2-3-5-18;24-21-20-17(7-8-26-21)18-14-28-23(30-22(18)32(20)15-3-1-2-4-15)29-19-6-5-16(13-27-19)31-11-9-25-10-12-31;1-3(6)8-2-4(5)7/h6-9,14-15,18H,2-5,10-13,16H2,1H3,(H,30,31,32,33);5-8,13-15,25H,1-4,9-12H2,(H,27,28,29,30);2H2,1H3. The molecule has 3 N–H and O–H groups in total. The third kappa shape index (κ3) is 12.5. The van der Waals surface area contributed by atoms with Crippen molar-refractivity contribution in [1.82, 2.24) is 59.2 Å². The van der Waals surface area contributed by atoms with Crippen molar-refractivity contribution < 1.29 is 37.4 Å². The molecule has 1 amide bonds. The first-order chi connectivity index (χ1) is 38.4. The Labute approximate surface area is 457 Å². The van der Waals surface area contributed by atoms with Crippen LogP contribution in [0.4, 0.5) is 43.7 Å². The van der Waals surface area contributed by atoms with E-state index in [0.717, 1.165) is 116 Å². The molecule has 0 atom stereocenters. The minimum absolute atomic E-state index is 0.182. The van der Waals surface area contributed by atoms with Crippen molar-refractivity contribution in [2.75, 3.05) is 86.0 Å². The fraction of sp³-hybridized carbons (Fsp3) is 0.407. The van der Waals surface area contributed by atoms with Gasteiger partial charge in [-0.15, -0.1) is 0 Å². The third-order valence-electron chi connectivity index (χ3n) is 14.4. The van der Waals surface area contributed by atoms with Gasteiger partial charge in [0, 0.05) is 125 Å². The van der Waals surface area contributed by atoms with Gasteiger partial charge in [0.05, 0.1) is 23.8 Å². The molecule has 12 rings (SSSR count). The van der Waals surface area contributed by atoms with Crippen molar-refractivity contribution in [1.29, 1.82) is 0 Å². The fourth-order valence-corrected chi connectivity index (χ4v) is 10.7. The van der Waals surface area contributed by atoms with E-state index in [1.54, 1.807) is 23.5 Å². The zero-order valence-electron chi connectivity index (χ0n) is 43.7. The van der Waals surface area contributed by atoms with Crippen LogP contribution in [0.3, 0.4) is 0 Å². The number of hydrogen-bond donors (Lipinski definition) is 3. The molecule has 22 nitrogen and oxygen atoms in total. The number of hydrogen-bond acceptors (Lipinski definition) is 19. The monoisotopic (exact) mass is 1100 g/mol. The molecule has 0 aromatic carbocycles. The Balaban J connectivity index is 0.000000159. The first-order valence-corrected chi connectivity index (χ1v) is 26.8. The van der Waals surface area contributed by atoms with Gasteiger partial charge in [0.1, 0.15) is 34.0 Å². The van der Waals surface area contributed by atoms with Crippen molar-refractivity contribution >= 4 is 113 Å². The summed E-state index contributed by atoms with van der Waals surface area (Å²) < 4.78 is 42.7. The second kappa shape index (κ2) is 24.6. The normalized spacial score (nSPS) is 15.9. The molecule has 8 aromatic rings. The van der Waals surface area contributed by atoms with E-state index in [0.29, 0.717) is 66.4 Å². The second-order valence-corrected chi connectivity index (χ2v) is 20.0. The molecule has 2 saturated carbocycles. The maximum absolute atomic E-state index is 14.9. The number of carbonyl (C=O) groups is 4. The number of ether oxygens (including phenoxy) is 2. The average Bonchev–Trinajstić information content (AvgIpc) is 4.34. The number of nitrogens with one attached hydrogen (secondary N) is 3. The van der Waals surface area contributed by atoms with Gasteiger partial charge in [-0.2, -0.15) is 18.7 Å². The maximum atomic E-state index is 14.9. The van der Waals surface area contributed by atoms with E-state index in [1.165, 1.54) is 26.2 Å². The predicted molar refractivity (Wildman–Crippen MR) is 294 cm³/mol. The Hall–Kier alpha value is -8.25. The zero-order valence-corrected chi connectivity index (χ0v) is 44.5. The maximum Gasteiger partial charge on any atom is 0.303 e. The van der Waals surface area contributed by atoms with Crippen LogP contribution in [-0.4, -0.2) is 143 Å². The molecule has 0 spiro atoms. The van der Waals surface area contributed by atoms with Crippen LogP contribution in [0.2, 0.25) is 0 Å². The van der Waals surface area contributed by atoms with Gasteiger partial charge in [-0.3, -0.25) is 19.2 Å². The Bertz CT molecular complexity index is 3470. The fourth-order valence-electron chi connectivity index (χ4n) is 10.7. The average molecular weight is 1100 g/mol. The SMILES string of the molecule is CC(=O)OCC(=O)Cl.CC(=O)OCC(=O)N1CCN(c2ccc(Nc3ncc4c5ccnc(F)c5n(C5CCCC5)c4n3)nc2)CC1.Fc1nccc2c3cnc(Nc4ccc(N5CCNCC5)cn4)nc3n(C3CCCC3)c12. The van der Waals surface area contributed by atoms with Crippen molar-refractivity contribution in [2.24, 2.45) is 0 Å². The van der Waals surface area contributed by atoms with Crippen molar-refractivity contribution in [3.8, 4) is 0 Å². The quantitative estimate of drug-likeness (QED) is 0.0603. The van der Waals surface area contributed by atoms with Crippen LogP contribution in [0.1, 0.15) is 77.3 Å². The van der Waals surface area contributed by atoms with Crippen LogP contribution >= 0.6 is 11.6 Å². The Morgan fingerprint density at radius 3 is 1.46 bits per heavy atom. The highest BCUT2D eigenvalue weighted by atomic mass is 35.5. The summed E-state index contributed by atoms with van der Waals surface area (Å²) in [4.78, 5) is 84.5. The molecule has 2 saturated heterocycles. The molecule has 25 heteroatoms. The number of carbonyl (C=O) groups excluding carboxylic acids is 4. The number of fused-ring (bicyclic) bond motifs is 6. The Morgan fingerprint density at radius 2 is 1.04 bits per heavy atom. The van der Waals surface area contributed by atoms with E-state index in [2.05, 4.69) is 66.5 Å². The third-order valence-corrected chi connectivity index (χ3v) is 14.5. The number of nitrogens with zero attached hydrogens (tertiary/aromatic N) is 13. The number of piperazine rings is 2. The van der Waals surface area contributed by atoms with Gasteiger partial charge in [0.25, 0.3) is 11.1 Å². The first-order valence-electron chi connectivity index (χ1n) is 26.4. The topological polar surface area (TPSA) is 246 Å². The summed E-state index contributed by atoms with van der Waals surface area (Å²) in [5.41, 5.74) is 4.50. The first kappa shape index (κ1) is 54.1. The summed E-state index contributed by atoms with van der Waals surface area (Å²) in [6, 6.07) is 11.9. The van der Waals surface area contributed by atoms with Crippen molar-refractivity contribution in [3.05, 3.63) is 85.5 Å². The highest BCUT2D eigenvalue weighted by Gasteiger charge is 2.28. The predicted octanol–water partition coefficient (Wildman–Crippen LogP) is 7.68. The van der Waals surface area contributed by atoms with Crippen LogP contribution in [-0.2, 0) is 28.7 Å². The number of aromatic nitrogens is 10. The molecule has 2 aliphatic carbocycles. The minimum atomic E-state index is -0.666. The lowest BCUT2D eigenvalue weighted by molar-refractivity contribution is -0.150. The number of rotatable bonds is 12. The number of anilines is 6. The second-order valence-electron chi connectivity index (χ2n) is 19.5. The van der Waals surface area contributed by atoms with Gasteiger partial charge in [-0.05, 0) is 73.7 Å². The number of halogens is 3. The molecule has 2 aliphatic heterocycles. The molecule has 0 bridgehead atoms. The van der Waals surface area contributed by atoms with Crippen LogP contribution in [0.15, 0.2) is 73.6 Å². The van der Waals surface area contributed by atoms with E-state index in [1.807, 2.05) is 45.7 Å². The van der Waals surface area contributed by atoms with E-state index >= 15 is 0 Å². The summed E-state index contributed by atoms with van der Waals surface area (Å²) >= 11 is 4.81. The Kier molecular flexibility index (Phi) is 16.9. The molecular formula is C54H59ClF2N16O6. The van der Waals surface area contributed by atoms with Gasteiger partial charge in [0.15, 0.2) is 13.2 Å². The van der Waals surface area contributed by atoms with Crippen LogP contribution in [0, 0.1) is 11.9 Å². The summed E-state index contributed by atoms with van der Waals surface area (Å²) in [5.74, 6) is 0.0162. The molecule has 0 radical (unpaired) electrons. The van der Waals surface area contributed by atoms with Gasteiger partial charge >= 0.3 is 11.9 Å². The number of pyridine rings is 4.